The lowest BCUT2D eigenvalue weighted by Crippen LogP contribution is -2.23. The summed E-state index contributed by atoms with van der Waals surface area (Å²) in [7, 11) is 3.63. The summed E-state index contributed by atoms with van der Waals surface area (Å²) in [5.74, 6) is 0.777. The normalized spacial score (nSPS) is 10.2. The molecule has 4 nitrogen and oxygen atoms in total. The monoisotopic (exact) mass is 224 g/mol. The van der Waals surface area contributed by atoms with Crippen molar-refractivity contribution in [3.63, 3.8) is 0 Å². The Kier molecular flexibility index (Phi) is 4.92. The zero-order chi connectivity index (χ0) is 12.0. The summed E-state index contributed by atoms with van der Waals surface area (Å²) in [6.45, 7) is 4.26. The van der Waals surface area contributed by atoms with Crippen molar-refractivity contribution in [2.45, 2.75) is 6.92 Å². The molecule has 0 aliphatic rings. The molecule has 16 heavy (non-hydrogen) atoms. The van der Waals surface area contributed by atoms with Crippen molar-refractivity contribution in [1.29, 1.82) is 0 Å². The number of anilines is 2. The average Bonchev–Trinajstić information content (AvgIpc) is 2.29. The molecule has 4 heteroatoms. The van der Waals surface area contributed by atoms with Gasteiger partial charge in [-0.15, -0.1) is 0 Å². The second kappa shape index (κ2) is 6.23. The fraction of sp³-hybridized carbons (Fsp3) is 0.500. The molecule has 0 saturated heterocycles. The van der Waals surface area contributed by atoms with Crippen LogP contribution in [-0.2, 0) is 4.74 Å². The number of hydrogen-bond acceptors (Lipinski definition) is 4. The number of nitrogens with two attached hydrogens (primary N) is 1. The van der Waals surface area contributed by atoms with E-state index in [0.717, 1.165) is 30.3 Å². The van der Waals surface area contributed by atoms with E-state index in [1.165, 1.54) is 0 Å². The van der Waals surface area contributed by atoms with Gasteiger partial charge in [0.1, 0.15) is 5.75 Å². The van der Waals surface area contributed by atoms with Crippen LogP contribution in [0, 0.1) is 0 Å². The Balaban J connectivity index is 2.64. The van der Waals surface area contributed by atoms with Gasteiger partial charge in [-0.05, 0) is 19.1 Å². The molecule has 0 aliphatic heterocycles. The maximum Gasteiger partial charge on any atom is 0.121 e. The molecule has 1 aromatic carbocycles. The van der Waals surface area contributed by atoms with Crippen molar-refractivity contribution >= 4 is 11.4 Å². The predicted molar refractivity (Wildman–Crippen MR) is 67.2 cm³/mol. The molecule has 1 rings (SSSR count). The molecule has 1 aromatic rings. The van der Waals surface area contributed by atoms with Gasteiger partial charge in [0, 0.05) is 26.3 Å². The maximum absolute atomic E-state index is 5.94. The van der Waals surface area contributed by atoms with Gasteiger partial charge in [0.25, 0.3) is 0 Å². The van der Waals surface area contributed by atoms with E-state index in [1.807, 2.05) is 32.2 Å². The third-order valence-electron chi connectivity index (χ3n) is 2.42. The molecule has 90 valence electrons. The van der Waals surface area contributed by atoms with Crippen molar-refractivity contribution in [2.24, 2.45) is 0 Å². The highest BCUT2D eigenvalue weighted by Crippen LogP contribution is 2.26. The van der Waals surface area contributed by atoms with E-state index in [9.17, 15) is 0 Å². The second-order valence-corrected chi connectivity index (χ2v) is 3.54. The summed E-state index contributed by atoms with van der Waals surface area (Å²) in [5, 5.41) is 0. The average molecular weight is 224 g/mol. The molecule has 0 heterocycles. The Labute approximate surface area is 96.9 Å². The van der Waals surface area contributed by atoms with E-state index in [2.05, 4.69) is 4.90 Å². The summed E-state index contributed by atoms with van der Waals surface area (Å²) >= 11 is 0. The van der Waals surface area contributed by atoms with Crippen molar-refractivity contribution in [1.82, 2.24) is 0 Å². The molecule has 0 aromatic heterocycles. The van der Waals surface area contributed by atoms with Crippen molar-refractivity contribution in [3.05, 3.63) is 18.2 Å². The maximum atomic E-state index is 5.94. The number of hydrogen-bond donors (Lipinski definition) is 1. The molecule has 0 spiro atoms. The van der Waals surface area contributed by atoms with Crippen LogP contribution in [-0.4, -0.2) is 33.9 Å². The van der Waals surface area contributed by atoms with Crippen molar-refractivity contribution in [2.75, 3.05) is 44.5 Å². The molecule has 0 fully saturated rings. The minimum atomic E-state index is 0.707. The van der Waals surface area contributed by atoms with Gasteiger partial charge in [0.2, 0.25) is 0 Å². The number of methoxy groups -OCH3 is 1. The van der Waals surface area contributed by atoms with Gasteiger partial charge in [-0.2, -0.15) is 0 Å². The summed E-state index contributed by atoms with van der Waals surface area (Å²) in [6, 6.07) is 5.69. The lowest BCUT2D eigenvalue weighted by Gasteiger charge is -2.21. The molecule has 2 N–H and O–H groups in total. The van der Waals surface area contributed by atoms with Crippen LogP contribution in [0.25, 0.3) is 0 Å². The lowest BCUT2D eigenvalue weighted by molar-refractivity contribution is 0.154. The first kappa shape index (κ1) is 12.6. The predicted octanol–water partition coefficient (Wildman–Crippen LogP) is 1.75. The molecule has 0 aliphatic carbocycles. The Hall–Kier alpha value is -1.42. The number of ether oxygens (including phenoxy) is 2. The second-order valence-electron chi connectivity index (χ2n) is 3.54. The molecule has 0 saturated carbocycles. The van der Waals surface area contributed by atoms with Gasteiger partial charge in [0.05, 0.1) is 25.1 Å². The van der Waals surface area contributed by atoms with Gasteiger partial charge < -0.3 is 20.1 Å². The fourth-order valence-electron chi connectivity index (χ4n) is 1.47. The van der Waals surface area contributed by atoms with Crippen LogP contribution in [0.4, 0.5) is 11.4 Å². The molecule has 0 atom stereocenters. The van der Waals surface area contributed by atoms with Crippen molar-refractivity contribution < 1.29 is 9.47 Å². The Morgan fingerprint density at radius 3 is 2.69 bits per heavy atom. The van der Waals surface area contributed by atoms with Crippen LogP contribution in [0.2, 0.25) is 0 Å². The smallest absolute Gasteiger partial charge is 0.121 e. The fourth-order valence-corrected chi connectivity index (χ4v) is 1.47. The largest absolute Gasteiger partial charge is 0.497 e. The number of likely N-dealkylation sites (N-methyl/N-ethyl adjacent to an activating group) is 1. The summed E-state index contributed by atoms with van der Waals surface area (Å²) in [5.41, 5.74) is 7.66. The first-order chi connectivity index (χ1) is 7.69. The van der Waals surface area contributed by atoms with Gasteiger partial charge in [0.15, 0.2) is 0 Å². The van der Waals surface area contributed by atoms with Gasteiger partial charge in [-0.3, -0.25) is 0 Å². The lowest BCUT2D eigenvalue weighted by atomic mass is 10.2. The van der Waals surface area contributed by atoms with Crippen LogP contribution >= 0.6 is 0 Å². The molecule has 0 radical (unpaired) electrons. The van der Waals surface area contributed by atoms with E-state index < -0.39 is 0 Å². The Bertz CT molecular complexity index is 329. The molecule has 0 unspecified atom stereocenters. The number of rotatable bonds is 6. The highest BCUT2D eigenvalue weighted by atomic mass is 16.5. The van der Waals surface area contributed by atoms with Crippen LogP contribution in [0.15, 0.2) is 18.2 Å². The summed E-state index contributed by atoms with van der Waals surface area (Å²) in [6.07, 6.45) is 0. The molecule has 0 amide bonds. The zero-order valence-corrected chi connectivity index (χ0v) is 10.2. The van der Waals surface area contributed by atoms with Crippen LogP contribution in [0.5, 0.6) is 5.75 Å². The van der Waals surface area contributed by atoms with Gasteiger partial charge >= 0.3 is 0 Å². The first-order valence-electron chi connectivity index (χ1n) is 5.41. The topological polar surface area (TPSA) is 47.7 Å². The van der Waals surface area contributed by atoms with Crippen molar-refractivity contribution in [3.8, 4) is 5.75 Å². The van der Waals surface area contributed by atoms with E-state index in [-0.39, 0.29) is 0 Å². The molecular formula is C12H20N2O2. The van der Waals surface area contributed by atoms with Crippen LogP contribution < -0.4 is 15.4 Å². The van der Waals surface area contributed by atoms with Gasteiger partial charge in [-0.1, -0.05) is 0 Å². The van der Waals surface area contributed by atoms with E-state index >= 15 is 0 Å². The highest BCUT2D eigenvalue weighted by Gasteiger charge is 2.05. The third kappa shape index (κ3) is 3.31. The van der Waals surface area contributed by atoms with E-state index in [1.54, 1.807) is 7.11 Å². The Morgan fingerprint density at radius 2 is 2.12 bits per heavy atom. The van der Waals surface area contributed by atoms with E-state index in [0.29, 0.717) is 6.61 Å². The zero-order valence-electron chi connectivity index (χ0n) is 10.2. The molecule has 0 bridgehead atoms. The Morgan fingerprint density at radius 1 is 1.38 bits per heavy atom. The van der Waals surface area contributed by atoms with Gasteiger partial charge in [-0.25, -0.2) is 0 Å². The third-order valence-corrected chi connectivity index (χ3v) is 2.42. The minimum Gasteiger partial charge on any atom is -0.497 e. The number of nitrogen functional groups attached to an aromatic ring is 1. The first-order valence-corrected chi connectivity index (χ1v) is 5.41. The summed E-state index contributed by atoms with van der Waals surface area (Å²) in [4.78, 5) is 2.07. The number of benzene rings is 1. The quantitative estimate of drug-likeness (QED) is 0.590. The van der Waals surface area contributed by atoms with Crippen LogP contribution in [0.3, 0.4) is 0 Å². The standard InChI is InChI=1S/C12H20N2O2/c1-4-16-8-7-14(2)12-6-5-10(15-3)9-11(12)13/h5-6,9H,4,7-8,13H2,1-3H3. The van der Waals surface area contributed by atoms with E-state index in [4.69, 9.17) is 15.2 Å². The number of nitrogens with zero attached hydrogens (tertiary/aromatic N) is 1. The summed E-state index contributed by atoms with van der Waals surface area (Å²) < 4.78 is 10.4. The minimum absolute atomic E-state index is 0.707. The SMILES string of the molecule is CCOCCN(C)c1ccc(OC)cc1N. The molecular weight excluding hydrogens is 204 g/mol. The van der Waals surface area contributed by atoms with Crippen LogP contribution in [0.1, 0.15) is 6.92 Å². The highest BCUT2D eigenvalue weighted by molar-refractivity contribution is 5.69.